The van der Waals surface area contributed by atoms with Gasteiger partial charge in [-0.25, -0.2) is 4.39 Å². The minimum Gasteiger partial charge on any atom is -0.411 e. The van der Waals surface area contributed by atoms with Crippen molar-refractivity contribution in [1.82, 2.24) is 10.2 Å². The Kier molecular flexibility index (Phi) is 4.92. The van der Waals surface area contributed by atoms with Gasteiger partial charge >= 0.3 is 0 Å². The maximum Gasteiger partial charge on any atom is 0.277 e. The summed E-state index contributed by atoms with van der Waals surface area (Å²) >= 11 is 2.59. The van der Waals surface area contributed by atoms with Gasteiger partial charge in [-0.05, 0) is 49.1 Å². The fourth-order valence-electron chi connectivity index (χ4n) is 2.88. The quantitative estimate of drug-likeness (QED) is 0.650. The lowest BCUT2D eigenvalue weighted by atomic mass is 10.1. The van der Waals surface area contributed by atoms with Gasteiger partial charge < -0.3 is 9.73 Å². The number of nitrogens with zero attached hydrogens (tertiary/aromatic N) is 3. The number of hydrogen-bond donors (Lipinski definition) is 1. The third-order valence-corrected chi connectivity index (χ3v) is 6.14. The van der Waals surface area contributed by atoms with Crippen LogP contribution in [0.2, 0.25) is 0 Å². The molecule has 1 aromatic carbocycles. The highest BCUT2D eigenvalue weighted by Gasteiger charge is 2.23. The first-order valence-electron chi connectivity index (χ1n) is 8.21. The highest BCUT2D eigenvalue weighted by molar-refractivity contribution is 7.99. The number of nitriles is 1. The first-order valence-corrected chi connectivity index (χ1v) is 10.0. The van der Waals surface area contributed by atoms with E-state index in [9.17, 15) is 14.4 Å². The van der Waals surface area contributed by atoms with E-state index in [1.54, 1.807) is 12.1 Å². The normalized spacial score (nSPS) is 12.6. The molecule has 9 heteroatoms. The molecule has 0 atom stereocenters. The number of aromatic nitrogens is 2. The second-order valence-electron chi connectivity index (χ2n) is 5.89. The zero-order valence-electron chi connectivity index (χ0n) is 14.0. The number of fused-ring (bicyclic) bond motifs is 1. The van der Waals surface area contributed by atoms with Gasteiger partial charge in [0.1, 0.15) is 16.9 Å². The van der Waals surface area contributed by atoms with E-state index in [2.05, 4.69) is 21.6 Å². The Morgan fingerprint density at radius 1 is 1.33 bits per heavy atom. The van der Waals surface area contributed by atoms with Crippen molar-refractivity contribution in [2.75, 3.05) is 11.1 Å². The fraction of sp³-hybridized carbons (Fsp3) is 0.222. The van der Waals surface area contributed by atoms with Crippen LogP contribution in [0.15, 0.2) is 33.9 Å². The summed E-state index contributed by atoms with van der Waals surface area (Å²) in [5, 5.41) is 20.8. The van der Waals surface area contributed by atoms with Gasteiger partial charge in [-0.2, -0.15) is 5.26 Å². The number of amides is 1. The molecule has 0 fully saturated rings. The number of carbonyl (C=O) groups excluding carboxylic acids is 1. The van der Waals surface area contributed by atoms with Crippen LogP contribution < -0.4 is 5.32 Å². The van der Waals surface area contributed by atoms with Gasteiger partial charge in [0.25, 0.3) is 5.22 Å². The van der Waals surface area contributed by atoms with Crippen LogP contribution in [0, 0.1) is 17.1 Å². The van der Waals surface area contributed by atoms with Crippen molar-refractivity contribution in [2.24, 2.45) is 0 Å². The van der Waals surface area contributed by atoms with Crippen LogP contribution in [0.1, 0.15) is 22.4 Å². The van der Waals surface area contributed by atoms with Gasteiger partial charge in [0.15, 0.2) is 0 Å². The van der Waals surface area contributed by atoms with E-state index >= 15 is 0 Å². The molecule has 1 aliphatic rings. The van der Waals surface area contributed by atoms with Crippen LogP contribution in [0.25, 0.3) is 11.5 Å². The van der Waals surface area contributed by atoms with Crippen LogP contribution in [-0.4, -0.2) is 21.9 Å². The lowest BCUT2D eigenvalue weighted by Crippen LogP contribution is -2.14. The molecule has 0 radical (unpaired) electrons. The fourth-order valence-corrected chi connectivity index (χ4v) is 4.70. The Balaban J connectivity index is 1.38. The number of carbonyl (C=O) groups is 1. The molecule has 0 saturated heterocycles. The molecule has 0 aliphatic heterocycles. The summed E-state index contributed by atoms with van der Waals surface area (Å²) in [5.74, 6) is -0.239. The Bertz CT molecular complexity index is 1040. The van der Waals surface area contributed by atoms with E-state index in [0.29, 0.717) is 16.1 Å². The molecule has 3 aromatic rings. The topological polar surface area (TPSA) is 91.8 Å². The second-order valence-corrected chi connectivity index (χ2v) is 7.92. The predicted octanol–water partition coefficient (Wildman–Crippen LogP) is 4.03. The highest BCUT2D eigenvalue weighted by atomic mass is 32.2. The summed E-state index contributed by atoms with van der Waals surface area (Å²) in [5.41, 5.74) is 2.26. The second kappa shape index (κ2) is 7.50. The molecule has 27 heavy (non-hydrogen) atoms. The SMILES string of the molecule is N#Cc1c(NC(=O)CSc2nnc(-c3ccc(F)cc3)o2)sc2c1CCC2. The minimum atomic E-state index is -0.346. The van der Waals surface area contributed by atoms with Crippen molar-refractivity contribution in [3.05, 3.63) is 46.1 Å². The molecule has 1 aliphatic carbocycles. The van der Waals surface area contributed by atoms with Crippen molar-refractivity contribution in [3.63, 3.8) is 0 Å². The van der Waals surface area contributed by atoms with Crippen LogP contribution in [0.3, 0.4) is 0 Å². The van der Waals surface area contributed by atoms with Gasteiger partial charge in [0.05, 0.1) is 11.3 Å². The number of thioether (sulfide) groups is 1. The number of benzene rings is 1. The smallest absolute Gasteiger partial charge is 0.277 e. The maximum absolute atomic E-state index is 13.0. The zero-order chi connectivity index (χ0) is 18.8. The van der Waals surface area contributed by atoms with Gasteiger partial charge in [-0.1, -0.05) is 11.8 Å². The Hall–Kier alpha value is -2.70. The molecular formula is C18H13FN4O2S2. The Morgan fingerprint density at radius 3 is 2.93 bits per heavy atom. The molecular weight excluding hydrogens is 387 g/mol. The standard InChI is InChI=1S/C18H13FN4O2S2/c19-11-6-4-10(5-7-11)16-22-23-18(25-16)26-9-15(24)21-17-13(8-20)12-2-1-3-14(12)27-17/h4-7H,1-3,9H2,(H,21,24). The van der Waals surface area contributed by atoms with Crippen LogP contribution in [0.4, 0.5) is 9.39 Å². The van der Waals surface area contributed by atoms with Crippen LogP contribution in [-0.2, 0) is 17.6 Å². The zero-order valence-corrected chi connectivity index (χ0v) is 15.6. The molecule has 4 rings (SSSR count). The van der Waals surface area contributed by atoms with E-state index in [1.807, 2.05) is 0 Å². The molecule has 0 unspecified atom stereocenters. The minimum absolute atomic E-state index is 0.0818. The van der Waals surface area contributed by atoms with E-state index in [1.165, 1.54) is 28.3 Å². The third kappa shape index (κ3) is 3.72. The number of rotatable bonds is 5. The van der Waals surface area contributed by atoms with Crippen LogP contribution >= 0.6 is 23.1 Å². The summed E-state index contributed by atoms with van der Waals surface area (Å²) in [6.07, 6.45) is 2.93. The van der Waals surface area contributed by atoms with E-state index in [0.717, 1.165) is 36.6 Å². The van der Waals surface area contributed by atoms with E-state index < -0.39 is 0 Å². The third-order valence-electron chi connectivity index (χ3n) is 4.11. The van der Waals surface area contributed by atoms with Crippen molar-refractivity contribution in [2.45, 2.75) is 24.5 Å². The first-order chi connectivity index (χ1) is 13.1. The molecule has 0 saturated carbocycles. The van der Waals surface area contributed by atoms with E-state index in [-0.39, 0.29) is 28.6 Å². The Labute approximate surface area is 162 Å². The molecule has 0 spiro atoms. The maximum atomic E-state index is 13.0. The number of aryl methyl sites for hydroxylation is 1. The van der Waals surface area contributed by atoms with Gasteiger partial charge in [0.2, 0.25) is 11.8 Å². The summed E-state index contributed by atoms with van der Waals surface area (Å²) < 4.78 is 18.5. The largest absolute Gasteiger partial charge is 0.411 e. The number of nitrogens with one attached hydrogen (secondary N) is 1. The van der Waals surface area contributed by atoms with E-state index in [4.69, 9.17) is 4.42 Å². The highest BCUT2D eigenvalue weighted by Crippen LogP contribution is 2.38. The average Bonchev–Trinajstić information content (AvgIpc) is 3.36. The summed E-state index contributed by atoms with van der Waals surface area (Å²) in [6, 6.07) is 7.91. The number of anilines is 1. The van der Waals surface area contributed by atoms with Gasteiger partial charge in [-0.15, -0.1) is 21.5 Å². The molecule has 2 aromatic heterocycles. The van der Waals surface area contributed by atoms with Gasteiger partial charge in [0, 0.05) is 10.4 Å². The van der Waals surface area contributed by atoms with Crippen molar-refractivity contribution < 1.29 is 13.6 Å². The van der Waals surface area contributed by atoms with Gasteiger partial charge in [-0.3, -0.25) is 4.79 Å². The molecule has 136 valence electrons. The number of thiophene rings is 1. The Morgan fingerprint density at radius 2 is 2.15 bits per heavy atom. The summed E-state index contributed by atoms with van der Waals surface area (Å²) in [6.45, 7) is 0. The van der Waals surface area contributed by atoms with Crippen molar-refractivity contribution in [1.29, 1.82) is 5.26 Å². The van der Waals surface area contributed by atoms with Crippen molar-refractivity contribution >= 4 is 34.0 Å². The molecule has 2 heterocycles. The monoisotopic (exact) mass is 400 g/mol. The molecule has 6 nitrogen and oxygen atoms in total. The molecule has 1 N–H and O–H groups in total. The lowest BCUT2D eigenvalue weighted by Gasteiger charge is -2.02. The first kappa shape index (κ1) is 17.7. The molecule has 0 bridgehead atoms. The predicted molar refractivity (Wildman–Crippen MR) is 100 cm³/mol. The average molecular weight is 400 g/mol. The summed E-state index contributed by atoms with van der Waals surface area (Å²) in [7, 11) is 0. The lowest BCUT2D eigenvalue weighted by molar-refractivity contribution is -0.113. The van der Waals surface area contributed by atoms with Crippen LogP contribution in [0.5, 0.6) is 0 Å². The molecule has 1 amide bonds. The number of hydrogen-bond acceptors (Lipinski definition) is 7. The summed E-state index contributed by atoms with van der Waals surface area (Å²) in [4.78, 5) is 13.4. The van der Waals surface area contributed by atoms with Crippen molar-refractivity contribution in [3.8, 4) is 17.5 Å². The number of halogens is 1.